The number of esters is 1. The number of cyclic esters (lactones) is 1. The fourth-order valence-corrected chi connectivity index (χ4v) is 10.9. The smallest absolute Gasteiger partial charge is 0.313 e. The minimum absolute atomic E-state index is 0.228. The van der Waals surface area contributed by atoms with Crippen LogP contribution in [0.4, 0.5) is 0 Å². The number of hydrogen-bond donors (Lipinski definition) is 1. The minimum Gasteiger partial charge on any atom is -0.457 e. The molecule has 5 heteroatoms. The van der Waals surface area contributed by atoms with Gasteiger partial charge in [0.2, 0.25) is 0 Å². The summed E-state index contributed by atoms with van der Waals surface area (Å²) in [5.74, 6) is -1.28. The van der Waals surface area contributed by atoms with E-state index in [4.69, 9.17) is 9.16 Å². The molecule has 3 aromatic rings. The Labute approximate surface area is 240 Å². The van der Waals surface area contributed by atoms with Gasteiger partial charge in [-0.2, -0.15) is 0 Å². The standard InChI is InChI=1S/C35H42O4Si/c1-8-25(2)32-35(7,30(33(37)39-32)31(36)26(3)27-18-12-9-13-19-27)24-38-40(34(4,5)6,28-20-14-10-15-21-28)29-22-16-11-17-23-29/h8-23,30-32,36H,3,24H2,1-2,4-7H3/b25-8+/t30?,31?,32-,35-/m0/s1. The monoisotopic (exact) mass is 554 g/mol. The highest BCUT2D eigenvalue weighted by Crippen LogP contribution is 2.49. The number of carbonyl (C=O) groups excluding carboxylic acids is 1. The summed E-state index contributed by atoms with van der Waals surface area (Å²) >= 11 is 0. The van der Waals surface area contributed by atoms with Crippen molar-refractivity contribution in [3.05, 3.63) is 115 Å². The number of benzene rings is 3. The lowest BCUT2D eigenvalue weighted by molar-refractivity contribution is -0.145. The molecule has 0 amide bonds. The second-order valence-electron chi connectivity index (χ2n) is 12.1. The van der Waals surface area contributed by atoms with Gasteiger partial charge in [-0.15, -0.1) is 0 Å². The Kier molecular flexibility index (Phi) is 8.69. The summed E-state index contributed by atoms with van der Waals surface area (Å²) in [5, 5.41) is 13.8. The lowest BCUT2D eigenvalue weighted by atomic mass is 9.69. The molecule has 3 aromatic carbocycles. The average molecular weight is 555 g/mol. The van der Waals surface area contributed by atoms with Gasteiger partial charge >= 0.3 is 5.97 Å². The fourth-order valence-electron chi connectivity index (χ4n) is 6.23. The van der Waals surface area contributed by atoms with E-state index in [1.165, 1.54) is 0 Å². The van der Waals surface area contributed by atoms with E-state index in [1.807, 2.05) is 69.3 Å². The number of hydrogen-bond acceptors (Lipinski definition) is 4. The number of ether oxygens (including phenoxy) is 1. The first-order valence-electron chi connectivity index (χ1n) is 14.0. The first-order chi connectivity index (χ1) is 19.0. The van der Waals surface area contributed by atoms with Gasteiger partial charge in [-0.3, -0.25) is 4.79 Å². The third-order valence-electron chi connectivity index (χ3n) is 8.50. The van der Waals surface area contributed by atoms with E-state index in [0.29, 0.717) is 5.57 Å². The van der Waals surface area contributed by atoms with Crippen molar-refractivity contribution in [1.29, 1.82) is 0 Å². The molecule has 1 heterocycles. The number of allylic oxidation sites excluding steroid dienone is 1. The molecule has 1 aliphatic heterocycles. The summed E-state index contributed by atoms with van der Waals surface area (Å²) in [7, 11) is -2.91. The van der Waals surface area contributed by atoms with Crippen LogP contribution < -0.4 is 10.4 Å². The Morgan fingerprint density at radius 1 is 1.00 bits per heavy atom. The van der Waals surface area contributed by atoms with Gasteiger partial charge in [0, 0.05) is 12.0 Å². The normalized spacial score (nSPS) is 22.6. The van der Waals surface area contributed by atoms with E-state index in [0.717, 1.165) is 21.5 Å². The largest absolute Gasteiger partial charge is 0.457 e. The van der Waals surface area contributed by atoms with E-state index < -0.39 is 37.8 Å². The van der Waals surface area contributed by atoms with Crippen molar-refractivity contribution in [2.45, 2.75) is 58.8 Å². The van der Waals surface area contributed by atoms with E-state index >= 15 is 0 Å². The van der Waals surface area contributed by atoms with Crippen LogP contribution in [0.2, 0.25) is 5.04 Å². The maximum absolute atomic E-state index is 13.6. The van der Waals surface area contributed by atoms with E-state index in [9.17, 15) is 9.90 Å². The van der Waals surface area contributed by atoms with Crippen LogP contribution in [0, 0.1) is 11.3 Å². The third kappa shape index (κ3) is 5.26. The molecule has 40 heavy (non-hydrogen) atoms. The van der Waals surface area contributed by atoms with Crippen LogP contribution in [0.1, 0.15) is 47.1 Å². The Morgan fingerprint density at radius 2 is 1.48 bits per heavy atom. The third-order valence-corrected chi connectivity index (χ3v) is 13.5. The Hall–Kier alpha value is -3.25. The van der Waals surface area contributed by atoms with Crippen molar-refractivity contribution in [2.24, 2.45) is 11.3 Å². The fraction of sp³-hybridized carbons (Fsp3) is 0.343. The highest BCUT2D eigenvalue weighted by Gasteiger charge is 2.60. The predicted octanol–water partition coefficient (Wildman–Crippen LogP) is 6.15. The zero-order valence-corrected chi connectivity index (χ0v) is 25.6. The molecule has 4 nitrogen and oxygen atoms in total. The maximum atomic E-state index is 13.6. The molecule has 1 N–H and O–H groups in total. The van der Waals surface area contributed by atoms with E-state index in [1.54, 1.807) is 0 Å². The number of rotatable bonds is 9. The Morgan fingerprint density at radius 3 is 1.93 bits per heavy atom. The van der Waals surface area contributed by atoms with Crippen molar-refractivity contribution >= 4 is 30.2 Å². The summed E-state index contributed by atoms with van der Waals surface area (Å²) in [6.07, 6.45) is 0.309. The summed E-state index contributed by atoms with van der Waals surface area (Å²) in [5.41, 5.74) is 1.38. The number of aliphatic hydroxyl groups is 1. The molecule has 0 spiro atoms. The average Bonchev–Trinajstić information content (AvgIpc) is 3.22. The first-order valence-corrected chi connectivity index (χ1v) is 15.9. The van der Waals surface area contributed by atoms with Crippen LogP contribution in [0.3, 0.4) is 0 Å². The summed E-state index contributed by atoms with van der Waals surface area (Å²) in [6, 6.07) is 30.4. The second-order valence-corrected chi connectivity index (χ2v) is 16.4. The molecule has 0 saturated carbocycles. The lowest BCUT2D eigenvalue weighted by Gasteiger charge is -2.46. The van der Waals surface area contributed by atoms with Crippen molar-refractivity contribution in [3.8, 4) is 0 Å². The minimum atomic E-state index is -2.91. The van der Waals surface area contributed by atoms with Crippen molar-refractivity contribution in [2.75, 3.05) is 6.61 Å². The molecule has 1 aliphatic rings. The second kappa shape index (κ2) is 11.7. The van der Waals surface area contributed by atoms with Gasteiger partial charge in [-0.25, -0.2) is 0 Å². The van der Waals surface area contributed by atoms with Gasteiger partial charge in [0.1, 0.15) is 6.10 Å². The van der Waals surface area contributed by atoms with Crippen LogP contribution in [0.25, 0.3) is 5.57 Å². The van der Waals surface area contributed by atoms with Crippen molar-refractivity contribution < 1.29 is 19.1 Å². The molecular weight excluding hydrogens is 512 g/mol. The van der Waals surface area contributed by atoms with Crippen molar-refractivity contribution in [3.63, 3.8) is 0 Å². The molecule has 2 unspecified atom stereocenters. The topological polar surface area (TPSA) is 55.8 Å². The highest BCUT2D eigenvalue weighted by molar-refractivity contribution is 6.99. The SMILES string of the molecule is C=C(c1ccccc1)C(O)C1C(=O)O[C@@H](/C(C)=C/C)[C@@]1(C)CO[Si](c1ccccc1)(c1ccccc1)C(C)(C)C. The first kappa shape index (κ1) is 29.7. The lowest BCUT2D eigenvalue weighted by Crippen LogP contribution is -2.67. The van der Waals surface area contributed by atoms with Crippen LogP contribution in [-0.4, -0.2) is 38.2 Å². The summed E-state index contributed by atoms with van der Waals surface area (Å²) < 4.78 is 13.4. The molecule has 0 aromatic heterocycles. The molecule has 4 rings (SSSR count). The Balaban J connectivity index is 1.83. The number of aliphatic hydroxyl groups excluding tert-OH is 1. The van der Waals surface area contributed by atoms with Crippen LogP contribution in [0.5, 0.6) is 0 Å². The van der Waals surface area contributed by atoms with Gasteiger partial charge in [0.05, 0.1) is 12.0 Å². The van der Waals surface area contributed by atoms with E-state index in [-0.39, 0.29) is 11.6 Å². The predicted molar refractivity (Wildman–Crippen MR) is 166 cm³/mol. The molecule has 210 valence electrons. The highest BCUT2D eigenvalue weighted by atomic mass is 28.4. The maximum Gasteiger partial charge on any atom is 0.313 e. The van der Waals surface area contributed by atoms with Gasteiger partial charge in [0.25, 0.3) is 8.32 Å². The van der Waals surface area contributed by atoms with E-state index in [2.05, 4.69) is 75.9 Å². The van der Waals surface area contributed by atoms with Crippen LogP contribution in [0.15, 0.2) is 109 Å². The van der Waals surface area contributed by atoms with Crippen molar-refractivity contribution in [1.82, 2.24) is 0 Å². The van der Waals surface area contributed by atoms with Crippen LogP contribution >= 0.6 is 0 Å². The molecule has 1 fully saturated rings. The zero-order chi connectivity index (χ0) is 29.1. The van der Waals surface area contributed by atoms with Gasteiger partial charge < -0.3 is 14.3 Å². The van der Waals surface area contributed by atoms with Gasteiger partial charge in [-0.1, -0.05) is 131 Å². The van der Waals surface area contributed by atoms with Crippen LogP contribution in [-0.2, 0) is 14.0 Å². The molecule has 0 bridgehead atoms. The molecule has 1 saturated heterocycles. The van der Waals surface area contributed by atoms with Gasteiger partial charge in [0.15, 0.2) is 0 Å². The molecule has 0 radical (unpaired) electrons. The Bertz CT molecular complexity index is 1300. The summed E-state index contributed by atoms with van der Waals surface area (Å²) in [6.45, 7) is 17.1. The summed E-state index contributed by atoms with van der Waals surface area (Å²) in [4.78, 5) is 13.6. The quantitative estimate of drug-likeness (QED) is 0.196. The molecule has 0 aliphatic carbocycles. The molecular formula is C35H42O4Si. The molecule has 4 atom stereocenters. The number of carbonyl (C=O) groups is 1. The zero-order valence-electron chi connectivity index (χ0n) is 24.6. The van der Waals surface area contributed by atoms with Gasteiger partial charge in [-0.05, 0) is 46.0 Å².